The van der Waals surface area contributed by atoms with Crippen molar-refractivity contribution in [1.82, 2.24) is 15.5 Å². The summed E-state index contributed by atoms with van der Waals surface area (Å²) >= 11 is 0. The van der Waals surface area contributed by atoms with E-state index in [0.29, 0.717) is 32.0 Å². The molecule has 0 aliphatic carbocycles. The van der Waals surface area contributed by atoms with E-state index in [1.807, 2.05) is 0 Å². The molecule has 0 spiro atoms. The highest BCUT2D eigenvalue weighted by atomic mass is 16.5. The fraction of sp³-hybridized carbons (Fsp3) is 0.857. The quantitative estimate of drug-likeness (QED) is 0.731. The molecule has 3 rings (SSSR count). The van der Waals surface area contributed by atoms with Crippen molar-refractivity contribution in [2.45, 2.75) is 37.8 Å². The molecule has 3 fully saturated rings. The molecule has 3 unspecified atom stereocenters. The summed E-state index contributed by atoms with van der Waals surface area (Å²) in [7, 11) is 0. The number of hydrogen-bond acceptors (Lipinski definition) is 4. The summed E-state index contributed by atoms with van der Waals surface area (Å²) in [6.07, 6.45) is 3.70. The number of nitrogens with zero attached hydrogens (tertiary/aromatic N) is 1. The highest BCUT2D eigenvalue weighted by Gasteiger charge is 2.32. The molecule has 0 bridgehead atoms. The first kappa shape index (κ1) is 13.8. The maximum atomic E-state index is 12.0. The highest BCUT2D eigenvalue weighted by molar-refractivity contribution is 5.83. The van der Waals surface area contributed by atoms with Gasteiger partial charge in [0.05, 0.1) is 18.6 Å². The summed E-state index contributed by atoms with van der Waals surface area (Å²) in [6, 6.07) is 0.593. The van der Waals surface area contributed by atoms with E-state index < -0.39 is 0 Å². The van der Waals surface area contributed by atoms with Crippen molar-refractivity contribution in [2.75, 3.05) is 32.8 Å². The smallest absolute Gasteiger partial charge is 0.224 e. The Labute approximate surface area is 119 Å². The molecule has 6 nitrogen and oxygen atoms in total. The second-order valence-corrected chi connectivity index (χ2v) is 6.03. The Morgan fingerprint density at radius 3 is 3.15 bits per heavy atom. The van der Waals surface area contributed by atoms with Crippen LogP contribution < -0.4 is 10.6 Å². The first-order valence-electron chi connectivity index (χ1n) is 7.62. The molecule has 0 aromatic heterocycles. The summed E-state index contributed by atoms with van der Waals surface area (Å²) in [5.74, 6) is -0.00212. The first-order chi connectivity index (χ1) is 9.72. The van der Waals surface area contributed by atoms with Crippen LogP contribution in [0.5, 0.6) is 0 Å². The van der Waals surface area contributed by atoms with Crippen LogP contribution in [-0.4, -0.2) is 61.6 Å². The molecule has 3 heterocycles. The zero-order valence-corrected chi connectivity index (χ0v) is 11.8. The molecule has 112 valence electrons. The minimum atomic E-state index is -0.0872. The second-order valence-electron chi connectivity index (χ2n) is 6.03. The first-order valence-corrected chi connectivity index (χ1v) is 7.62. The third-order valence-electron chi connectivity index (χ3n) is 4.60. The summed E-state index contributed by atoms with van der Waals surface area (Å²) in [6.45, 7) is 3.91. The van der Waals surface area contributed by atoms with E-state index in [2.05, 4.69) is 15.5 Å². The standard InChI is InChI=1S/C14H23N3O3/c18-13-4-3-10(6-15-13)14(19)16-7-12-8-17-5-1-2-11(17)9-20-12/h10-12H,1-9H2,(H,15,18)(H,16,19). The Kier molecular flexibility index (Phi) is 4.21. The van der Waals surface area contributed by atoms with Gasteiger partial charge in [-0.1, -0.05) is 0 Å². The number of carbonyl (C=O) groups is 2. The number of fused-ring (bicyclic) bond motifs is 1. The predicted molar refractivity (Wildman–Crippen MR) is 73.1 cm³/mol. The number of rotatable bonds is 3. The van der Waals surface area contributed by atoms with Crippen molar-refractivity contribution in [2.24, 2.45) is 5.92 Å². The average Bonchev–Trinajstić information content (AvgIpc) is 2.93. The van der Waals surface area contributed by atoms with Crippen LogP contribution in [0.25, 0.3) is 0 Å². The Morgan fingerprint density at radius 2 is 2.35 bits per heavy atom. The van der Waals surface area contributed by atoms with E-state index >= 15 is 0 Å². The van der Waals surface area contributed by atoms with E-state index in [0.717, 1.165) is 19.7 Å². The Balaban J connectivity index is 1.40. The number of morpholine rings is 1. The Hall–Kier alpha value is -1.14. The van der Waals surface area contributed by atoms with Crippen molar-refractivity contribution in [3.05, 3.63) is 0 Å². The van der Waals surface area contributed by atoms with Gasteiger partial charge < -0.3 is 15.4 Å². The molecule has 3 saturated heterocycles. The van der Waals surface area contributed by atoms with Gasteiger partial charge in [-0.25, -0.2) is 0 Å². The molecule has 20 heavy (non-hydrogen) atoms. The molecule has 2 amide bonds. The SMILES string of the molecule is O=C1CCC(C(=O)NCC2CN3CCCC3CO2)CN1. The molecule has 0 radical (unpaired) electrons. The van der Waals surface area contributed by atoms with Gasteiger partial charge in [-0.2, -0.15) is 0 Å². The molecular weight excluding hydrogens is 258 g/mol. The number of hydrogen-bond donors (Lipinski definition) is 2. The summed E-state index contributed by atoms with van der Waals surface area (Å²) in [5.41, 5.74) is 0. The number of ether oxygens (including phenoxy) is 1. The predicted octanol–water partition coefficient (Wildman–Crippen LogP) is -0.508. The van der Waals surface area contributed by atoms with Crippen molar-refractivity contribution in [3.8, 4) is 0 Å². The van der Waals surface area contributed by atoms with Crippen molar-refractivity contribution < 1.29 is 14.3 Å². The van der Waals surface area contributed by atoms with Gasteiger partial charge in [0.15, 0.2) is 0 Å². The fourth-order valence-corrected chi connectivity index (χ4v) is 3.32. The van der Waals surface area contributed by atoms with Gasteiger partial charge in [0.25, 0.3) is 0 Å². The third kappa shape index (κ3) is 3.12. The maximum absolute atomic E-state index is 12.0. The summed E-state index contributed by atoms with van der Waals surface area (Å²) in [4.78, 5) is 25.6. The van der Waals surface area contributed by atoms with Crippen LogP contribution in [-0.2, 0) is 14.3 Å². The molecule has 0 saturated carbocycles. The van der Waals surface area contributed by atoms with E-state index in [1.165, 1.54) is 12.8 Å². The number of carbonyl (C=O) groups excluding carboxylic acids is 2. The third-order valence-corrected chi connectivity index (χ3v) is 4.60. The minimum Gasteiger partial charge on any atom is -0.373 e. The minimum absolute atomic E-state index is 0.0390. The van der Waals surface area contributed by atoms with E-state index in [4.69, 9.17) is 4.74 Å². The largest absolute Gasteiger partial charge is 0.373 e. The molecule has 0 aromatic rings. The molecular formula is C14H23N3O3. The van der Waals surface area contributed by atoms with E-state index in [-0.39, 0.29) is 23.8 Å². The second kappa shape index (κ2) is 6.10. The monoisotopic (exact) mass is 281 g/mol. The van der Waals surface area contributed by atoms with Gasteiger partial charge >= 0.3 is 0 Å². The fourth-order valence-electron chi connectivity index (χ4n) is 3.32. The average molecular weight is 281 g/mol. The van der Waals surface area contributed by atoms with Gasteiger partial charge in [0.1, 0.15) is 0 Å². The molecule has 3 aliphatic rings. The van der Waals surface area contributed by atoms with Gasteiger partial charge in [-0.3, -0.25) is 14.5 Å². The van der Waals surface area contributed by atoms with Gasteiger partial charge in [-0.15, -0.1) is 0 Å². The Bertz CT molecular complexity index is 378. The normalized spacial score (nSPS) is 34.4. The summed E-state index contributed by atoms with van der Waals surface area (Å²) < 4.78 is 5.82. The maximum Gasteiger partial charge on any atom is 0.224 e. The lowest BCUT2D eigenvalue weighted by atomic mass is 9.98. The lowest BCUT2D eigenvalue weighted by Crippen LogP contribution is -2.51. The Morgan fingerprint density at radius 1 is 1.45 bits per heavy atom. The zero-order chi connectivity index (χ0) is 13.9. The summed E-state index contributed by atoms with van der Waals surface area (Å²) in [5, 5.41) is 5.72. The van der Waals surface area contributed by atoms with Crippen LogP contribution in [0.3, 0.4) is 0 Å². The van der Waals surface area contributed by atoms with Crippen LogP contribution in [0.1, 0.15) is 25.7 Å². The lowest BCUT2D eigenvalue weighted by Gasteiger charge is -2.35. The number of piperidine rings is 1. The molecule has 3 aliphatic heterocycles. The van der Waals surface area contributed by atoms with Gasteiger partial charge in [0, 0.05) is 32.1 Å². The molecule has 6 heteroatoms. The van der Waals surface area contributed by atoms with Crippen molar-refractivity contribution in [3.63, 3.8) is 0 Å². The number of amides is 2. The van der Waals surface area contributed by atoms with Crippen molar-refractivity contribution in [1.29, 1.82) is 0 Å². The van der Waals surface area contributed by atoms with Crippen LogP contribution in [0.4, 0.5) is 0 Å². The highest BCUT2D eigenvalue weighted by Crippen LogP contribution is 2.22. The van der Waals surface area contributed by atoms with Crippen molar-refractivity contribution >= 4 is 11.8 Å². The van der Waals surface area contributed by atoms with Crippen LogP contribution in [0.15, 0.2) is 0 Å². The zero-order valence-electron chi connectivity index (χ0n) is 11.8. The van der Waals surface area contributed by atoms with E-state index in [1.54, 1.807) is 0 Å². The molecule has 2 N–H and O–H groups in total. The number of nitrogens with one attached hydrogen (secondary N) is 2. The van der Waals surface area contributed by atoms with Gasteiger partial charge in [0.2, 0.25) is 11.8 Å². The van der Waals surface area contributed by atoms with Crippen LogP contribution >= 0.6 is 0 Å². The lowest BCUT2D eigenvalue weighted by molar-refractivity contribution is -0.129. The van der Waals surface area contributed by atoms with Crippen LogP contribution in [0.2, 0.25) is 0 Å². The molecule has 0 aromatic carbocycles. The van der Waals surface area contributed by atoms with Crippen LogP contribution in [0, 0.1) is 5.92 Å². The van der Waals surface area contributed by atoms with E-state index in [9.17, 15) is 9.59 Å². The van der Waals surface area contributed by atoms with Gasteiger partial charge in [-0.05, 0) is 25.8 Å². The topological polar surface area (TPSA) is 70.7 Å². The molecule has 3 atom stereocenters.